The largest absolute Gasteiger partial charge is 0.430 e. The number of nitrogens with one attached hydrogen (secondary N) is 2. The standard InChI is InChI=1S/C10H17N3O8/c1-13-8(7(19)12-10(13)11)21-9(20)6(18)5(17)4(16)3(15)2-14/h3-6,8,14-18H,2H2,1H3,(H2,11,12,19). The van der Waals surface area contributed by atoms with E-state index in [1.54, 1.807) is 0 Å². The number of carbonyl (C=O) groups is 2. The molecule has 0 saturated carbocycles. The van der Waals surface area contributed by atoms with Crippen LogP contribution < -0.4 is 5.32 Å². The molecule has 5 unspecified atom stereocenters. The summed E-state index contributed by atoms with van der Waals surface area (Å²) in [5.41, 5.74) is 0. The minimum atomic E-state index is -2.25. The molecule has 5 atom stereocenters. The maximum atomic E-state index is 11.6. The average Bonchev–Trinajstić information content (AvgIpc) is 2.70. The predicted octanol–water partition coefficient (Wildman–Crippen LogP) is -4.71. The average molecular weight is 307 g/mol. The van der Waals surface area contributed by atoms with Crippen molar-refractivity contribution in [2.24, 2.45) is 0 Å². The van der Waals surface area contributed by atoms with Crippen LogP contribution in [0, 0.1) is 5.41 Å². The molecule has 0 aromatic heterocycles. The number of esters is 1. The Hall–Kier alpha value is -1.79. The molecule has 0 aromatic rings. The highest BCUT2D eigenvalue weighted by Crippen LogP contribution is 2.11. The number of likely N-dealkylation sites (N-methyl/N-ethyl adjacent to an activating group) is 1. The summed E-state index contributed by atoms with van der Waals surface area (Å²) in [7, 11) is 1.28. The van der Waals surface area contributed by atoms with Crippen molar-refractivity contribution in [2.45, 2.75) is 30.6 Å². The lowest BCUT2D eigenvalue weighted by molar-refractivity contribution is -0.181. The Morgan fingerprint density at radius 3 is 2.38 bits per heavy atom. The fraction of sp³-hybridized carbons (Fsp3) is 0.700. The van der Waals surface area contributed by atoms with Crippen molar-refractivity contribution in [3.63, 3.8) is 0 Å². The van der Waals surface area contributed by atoms with Gasteiger partial charge in [0.05, 0.1) is 6.61 Å². The smallest absolute Gasteiger partial charge is 0.340 e. The van der Waals surface area contributed by atoms with Crippen molar-refractivity contribution in [3.8, 4) is 0 Å². The number of aliphatic hydroxyl groups excluding tert-OH is 5. The van der Waals surface area contributed by atoms with Crippen molar-refractivity contribution in [1.29, 1.82) is 5.41 Å². The molecule has 7 N–H and O–H groups in total. The fourth-order valence-electron chi connectivity index (χ4n) is 1.53. The van der Waals surface area contributed by atoms with Crippen molar-refractivity contribution in [1.82, 2.24) is 10.2 Å². The van der Waals surface area contributed by atoms with Crippen LogP contribution in [0.3, 0.4) is 0 Å². The Balaban J connectivity index is 2.66. The first-order valence-corrected chi connectivity index (χ1v) is 5.86. The molecule has 0 aliphatic carbocycles. The second-order valence-corrected chi connectivity index (χ2v) is 4.41. The molecule has 0 aromatic carbocycles. The summed E-state index contributed by atoms with van der Waals surface area (Å²) in [5, 5.41) is 55.4. The number of nitrogens with zero attached hydrogens (tertiary/aromatic N) is 1. The first kappa shape index (κ1) is 17.3. The highest BCUT2D eigenvalue weighted by molar-refractivity contribution is 6.04. The van der Waals surface area contributed by atoms with Crippen LogP contribution in [0.25, 0.3) is 0 Å². The number of carbonyl (C=O) groups excluding carboxylic acids is 2. The lowest BCUT2D eigenvalue weighted by atomic mass is 10.0. The molecule has 11 nitrogen and oxygen atoms in total. The maximum Gasteiger partial charge on any atom is 0.340 e. The summed E-state index contributed by atoms with van der Waals surface area (Å²) in [6.45, 7) is -0.898. The molecule has 1 amide bonds. The van der Waals surface area contributed by atoms with E-state index in [0.29, 0.717) is 0 Å². The third-order valence-electron chi connectivity index (χ3n) is 2.89. The molecular weight excluding hydrogens is 290 g/mol. The third-order valence-corrected chi connectivity index (χ3v) is 2.89. The number of amides is 1. The van der Waals surface area contributed by atoms with Gasteiger partial charge in [-0.05, 0) is 0 Å². The molecule has 1 saturated heterocycles. The zero-order valence-corrected chi connectivity index (χ0v) is 11.0. The van der Waals surface area contributed by atoms with Gasteiger partial charge in [-0.1, -0.05) is 0 Å². The van der Waals surface area contributed by atoms with Gasteiger partial charge in [0.25, 0.3) is 12.1 Å². The minimum absolute atomic E-state index is 0.316. The summed E-state index contributed by atoms with van der Waals surface area (Å²) >= 11 is 0. The summed E-state index contributed by atoms with van der Waals surface area (Å²) < 4.78 is 4.62. The summed E-state index contributed by atoms with van der Waals surface area (Å²) in [4.78, 5) is 23.9. The third kappa shape index (κ3) is 3.65. The molecule has 1 heterocycles. The van der Waals surface area contributed by atoms with Gasteiger partial charge in [0.2, 0.25) is 5.96 Å². The van der Waals surface area contributed by atoms with Crippen LogP contribution in [-0.2, 0) is 14.3 Å². The van der Waals surface area contributed by atoms with Gasteiger partial charge in [-0.25, -0.2) is 4.79 Å². The summed E-state index contributed by atoms with van der Waals surface area (Å²) in [6.07, 6.45) is -9.64. The Morgan fingerprint density at radius 1 is 1.38 bits per heavy atom. The number of hydrogen-bond donors (Lipinski definition) is 7. The molecule has 1 rings (SSSR count). The van der Waals surface area contributed by atoms with Crippen LogP contribution in [0.4, 0.5) is 0 Å². The number of rotatable bonds is 6. The molecule has 21 heavy (non-hydrogen) atoms. The molecule has 120 valence electrons. The quantitative estimate of drug-likeness (QED) is 0.237. The van der Waals surface area contributed by atoms with Crippen LogP contribution in [0.2, 0.25) is 0 Å². The lowest BCUT2D eigenvalue weighted by Crippen LogP contribution is -2.50. The van der Waals surface area contributed by atoms with Crippen molar-refractivity contribution >= 4 is 17.8 Å². The molecule has 1 fully saturated rings. The number of ether oxygens (including phenoxy) is 1. The minimum Gasteiger partial charge on any atom is -0.430 e. The van der Waals surface area contributed by atoms with Crippen LogP contribution >= 0.6 is 0 Å². The van der Waals surface area contributed by atoms with Gasteiger partial charge in [-0.3, -0.25) is 15.5 Å². The fourth-order valence-corrected chi connectivity index (χ4v) is 1.53. The Morgan fingerprint density at radius 2 is 1.95 bits per heavy atom. The van der Waals surface area contributed by atoms with E-state index in [2.05, 4.69) is 10.1 Å². The van der Waals surface area contributed by atoms with Crippen LogP contribution in [0.15, 0.2) is 0 Å². The van der Waals surface area contributed by atoms with E-state index < -0.39 is 49.1 Å². The van der Waals surface area contributed by atoms with Crippen LogP contribution in [-0.4, -0.2) is 92.6 Å². The van der Waals surface area contributed by atoms with E-state index in [0.717, 1.165) is 4.90 Å². The highest BCUT2D eigenvalue weighted by atomic mass is 16.6. The Kier molecular flexibility index (Phi) is 5.57. The molecule has 11 heteroatoms. The molecule has 0 bridgehead atoms. The van der Waals surface area contributed by atoms with Crippen LogP contribution in [0.5, 0.6) is 0 Å². The van der Waals surface area contributed by atoms with E-state index in [1.807, 2.05) is 0 Å². The van der Waals surface area contributed by atoms with E-state index in [9.17, 15) is 24.9 Å². The topological polar surface area (TPSA) is 184 Å². The van der Waals surface area contributed by atoms with Gasteiger partial charge < -0.3 is 35.2 Å². The monoisotopic (exact) mass is 307 g/mol. The van der Waals surface area contributed by atoms with Crippen molar-refractivity contribution < 1.29 is 39.9 Å². The maximum absolute atomic E-state index is 11.6. The lowest BCUT2D eigenvalue weighted by Gasteiger charge is -2.26. The Labute approximate surface area is 118 Å². The van der Waals surface area contributed by atoms with Crippen molar-refractivity contribution in [3.05, 3.63) is 0 Å². The van der Waals surface area contributed by atoms with E-state index >= 15 is 0 Å². The van der Waals surface area contributed by atoms with Gasteiger partial charge in [-0.2, -0.15) is 0 Å². The van der Waals surface area contributed by atoms with E-state index in [4.69, 9.17) is 15.6 Å². The van der Waals surface area contributed by atoms with Gasteiger partial charge in [0.1, 0.15) is 18.3 Å². The number of aliphatic hydroxyl groups is 5. The number of guanidine groups is 1. The first-order valence-electron chi connectivity index (χ1n) is 5.86. The Bertz CT molecular complexity index is 431. The van der Waals surface area contributed by atoms with E-state index in [1.165, 1.54) is 7.05 Å². The first-order chi connectivity index (χ1) is 9.70. The van der Waals surface area contributed by atoms with Gasteiger partial charge in [0.15, 0.2) is 6.10 Å². The SMILES string of the molecule is CN1C(=N)NC(=O)C1OC(=O)C(O)C(O)C(O)C(O)CO. The molecule has 1 aliphatic rings. The zero-order chi connectivity index (χ0) is 16.3. The predicted molar refractivity (Wildman–Crippen MR) is 64.6 cm³/mol. The molecular formula is C10H17N3O8. The molecule has 0 spiro atoms. The van der Waals surface area contributed by atoms with Crippen LogP contribution in [0.1, 0.15) is 0 Å². The normalized spacial score (nSPS) is 24.3. The summed E-state index contributed by atoms with van der Waals surface area (Å²) in [6, 6.07) is 0. The second-order valence-electron chi connectivity index (χ2n) is 4.41. The zero-order valence-electron chi connectivity index (χ0n) is 11.0. The number of hydrogen-bond acceptors (Lipinski definition) is 9. The molecule has 0 radical (unpaired) electrons. The highest BCUT2D eigenvalue weighted by Gasteiger charge is 2.41. The van der Waals surface area contributed by atoms with E-state index in [-0.39, 0.29) is 5.96 Å². The second kappa shape index (κ2) is 6.78. The van der Waals surface area contributed by atoms with Gasteiger partial charge >= 0.3 is 5.97 Å². The van der Waals surface area contributed by atoms with Crippen molar-refractivity contribution in [2.75, 3.05) is 13.7 Å². The van der Waals surface area contributed by atoms with Gasteiger partial charge in [-0.15, -0.1) is 0 Å². The molecule has 1 aliphatic heterocycles. The van der Waals surface area contributed by atoms with Gasteiger partial charge in [0, 0.05) is 7.05 Å². The summed E-state index contributed by atoms with van der Waals surface area (Å²) in [5.74, 6) is -2.56.